The van der Waals surface area contributed by atoms with Crippen molar-refractivity contribution in [1.29, 1.82) is 0 Å². The number of azo groups is 2. The summed E-state index contributed by atoms with van der Waals surface area (Å²) in [6, 6.07) is 15.8. The number of aliphatic hydroxyl groups is 2. The Morgan fingerprint density at radius 1 is 0.522 bits per heavy atom. The second-order valence-electron chi connectivity index (χ2n) is 18.3. The zero-order chi connectivity index (χ0) is 49.6. The number of imidazole rings is 2. The van der Waals surface area contributed by atoms with Crippen LogP contribution in [0.5, 0.6) is 0 Å². The van der Waals surface area contributed by atoms with Crippen LogP contribution in [-0.4, -0.2) is 83.2 Å². The Labute approximate surface area is 414 Å². The molecule has 2 aliphatic carbocycles. The van der Waals surface area contributed by atoms with Crippen LogP contribution in [0.4, 0.5) is 34.6 Å². The molecule has 8 rings (SSSR count). The maximum atomic E-state index is 12.8. The third-order valence-corrected chi connectivity index (χ3v) is 13.1. The van der Waals surface area contributed by atoms with Gasteiger partial charge in [0.05, 0.1) is 22.1 Å². The van der Waals surface area contributed by atoms with E-state index in [1.54, 1.807) is 18.2 Å². The number of anilines is 4. The third-order valence-electron chi connectivity index (χ3n) is 13.1. The van der Waals surface area contributed by atoms with Gasteiger partial charge in [-0.15, -0.1) is 20.5 Å². The van der Waals surface area contributed by atoms with E-state index in [0.29, 0.717) is 39.8 Å². The number of nitrogens with zero attached hydrogens (tertiary/aromatic N) is 11. The minimum Gasteiger partial charge on any atom is -0.503 e. The van der Waals surface area contributed by atoms with Crippen LogP contribution in [0.2, 0.25) is 0 Å². The monoisotopic (exact) mass is 983 g/mol. The normalized spacial score (nSPS) is 13.4. The van der Waals surface area contributed by atoms with E-state index in [-0.39, 0.29) is 46.3 Å². The predicted octanol–water partition coefficient (Wildman–Crippen LogP) is 12.2. The zero-order valence-corrected chi connectivity index (χ0v) is 43.1. The van der Waals surface area contributed by atoms with Gasteiger partial charge in [-0.1, -0.05) is 27.7 Å². The van der Waals surface area contributed by atoms with Gasteiger partial charge in [0.25, 0.3) is 11.9 Å². The largest absolute Gasteiger partial charge is 2.00 e. The van der Waals surface area contributed by atoms with Crippen molar-refractivity contribution in [2.45, 2.75) is 93.2 Å². The molecule has 4 N–H and O–H groups in total. The first kappa shape index (κ1) is 51.5. The van der Waals surface area contributed by atoms with Gasteiger partial charge in [-0.05, 0) is 124 Å². The van der Waals surface area contributed by atoms with Gasteiger partial charge in [0.15, 0.2) is 11.5 Å². The molecule has 2 aliphatic rings. The molecule has 0 atom stereocenters. The second-order valence-corrected chi connectivity index (χ2v) is 18.3. The Hall–Kier alpha value is -6.84. The van der Waals surface area contributed by atoms with E-state index in [9.17, 15) is 19.8 Å². The summed E-state index contributed by atoms with van der Waals surface area (Å²) in [4.78, 5) is 41.0. The molecule has 69 heavy (non-hydrogen) atoms. The van der Waals surface area contributed by atoms with Gasteiger partial charge in [-0.3, -0.25) is 9.59 Å². The third kappa shape index (κ3) is 9.37. The Morgan fingerprint density at radius 2 is 0.870 bits per heavy atom. The van der Waals surface area contributed by atoms with Gasteiger partial charge >= 0.3 is 17.1 Å². The van der Waals surface area contributed by atoms with Crippen LogP contribution in [0.3, 0.4) is 0 Å². The number of benzene rings is 4. The van der Waals surface area contributed by atoms with Crippen LogP contribution >= 0.6 is 0 Å². The molecular weight excluding hydrogens is 920 g/mol. The molecule has 2 heterocycles. The fraction of sp³-hybridized carbons (Fsp3) is 0.385. The minimum absolute atomic E-state index is 0. The molecule has 0 bridgehead atoms. The number of carbonyl (C=O) groups is 2. The van der Waals surface area contributed by atoms with E-state index < -0.39 is 17.3 Å². The van der Waals surface area contributed by atoms with Crippen molar-refractivity contribution in [3.63, 3.8) is 0 Å². The number of nitrogens with two attached hydrogens (primary N) is 1. The second kappa shape index (κ2) is 20.4. The van der Waals surface area contributed by atoms with E-state index in [2.05, 4.69) is 105 Å². The summed E-state index contributed by atoms with van der Waals surface area (Å²) < 4.78 is 4.23. The maximum Gasteiger partial charge on any atom is 2.00 e. The van der Waals surface area contributed by atoms with Crippen LogP contribution < -0.4 is 20.4 Å². The number of carbonyl (C=O) groups excluding carboxylic acids is 2. The first-order valence-electron chi connectivity index (χ1n) is 23.2. The van der Waals surface area contributed by atoms with Crippen LogP contribution in [0.25, 0.3) is 33.5 Å². The Kier molecular flexibility index (Phi) is 15.2. The average Bonchev–Trinajstić information content (AvgIpc) is 3.96. The standard InChI is InChI=1S/C27H34N6O2.C25H30N6O2.Cu/c1-9-17(10-2)33-23-14-22(32(7)8)16(4)12-20(23)28-27(33)30-29-24-18-11-15(3)21(31(5)6)13-19(18)25(34)26(24)35;1-7-15(8-2)31-21-12-20(30(5)6)14(4)10-19(21)27-25(31)29-28-22-16-9-13(3)18(26)11-17(16)23(32)24(22)33;/h11-14,17H,9-10H2,1-8H3,(H,34,35);9-12,15H,7-8,26H2,1-6H3,(H,32,33);/q;;+2. The quantitative estimate of drug-likeness (QED) is 0.0569. The van der Waals surface area contributed by atoms with E-state index in [0.717, 1.165) is 87.1 Å². The number of fused-ring (bicyclic) bond motifs is 4. The molecule has 0 spiro atoms. The SMILES string of the molecule is CCC(CC)n1c(N=NC2=C(O)C(=O)c3cc(N(C)C)c(C)cc32)nc2cc(C)c(N(C)C)cc21.CCC(CC)n1c(N=NC2=C(O)C(=O)c3cc(N)c(C)cc32)nc2cc(C)c(N(C)C)cc21.[Cu+2]. The molecule has 365 valence electrons. The van der Waals surface area contributed by atoms with Crippen molar-refractivity contribution in [3.8, 4) is 0 Å². The van der Waals surface area contributed by atoms with E-state index in [4.69, 9.17) is 15.7 Å². The first-order chi connectivity index (χ1) is 32.3. The van der Waals surface area contributed by atoms with Crippen LogP contribution in [0.1, 0.15) is 120 Å². The number of aliphatic hydroxyl groups excluding tert-OH is 2. The van der Waals surface area contributed by atoms with Gasteiger partial charge in [-0.2, -0.15) is 0 Å². The van der Waals surface area contributed by atoms with Crippen LogP contribution in [0.15, 0.2) is 80.5 Å². The van der Waals surface area contributed by atoms with E-state index in [1.807, 2.05) is 67.1 Å². The number of aromatic nitrogens is 4. The molecule has 2 aromatic heterocycles. The number of aryl methyl sites for hydroxylation is 4. The number of rotatable bonds is 13. The van der Waals surface area contributed by atoms with Gasteiger partial charge in [0.1, 0.15) is 11.4 Å². The molecular formula is C52H64CuN12O4+2. The fourth-order valence-electron chi connectivity index (χ4n) is 9.36. The Balaban J connectivity index is 0.000000224. The van der Waals surface area contributed by atoms with Gasteiger partial charge in [0.2, 0.25) is 11.6 Å². The number of hydrogen-bond acceptors (Lipinski definition) is 14. The molecule has 17 heteroatoms. The molecule has 0 saturated heterocycles. The maximum absolute atomic E-state index is 12.8. The molecule has 4 aromatic carbocycles. The summed E-state index contributed by atoms with van der Waals surface area (Å²) in [6.07, 6.45) is 3.64. The average molecular weight is 985 g/mol. The van der Waals surface area contributed by atoms with Gasteiger partial charge in [-0.25, -0.2) is 9.97 Å². The molecule has 0 fully saturated rings. The first-order valence-corrected chi connectivity index (χ1v) is 23.2. The Morgan fingerprint density at radius 3 is 1.25 bits per heavy atom. The number of hydrogen-bond donors (Lipinski definition) is 3. The molecule has 1 radical (unpaired) electrons. The summed E-state index contributed by atoms with van der Waals surface area (Å²) in [7, 11) is 11.9. The topological polar surface area (TPSA) is 195 Å². The van der Waals surface area contributed by atoms with E-state index in [1.165, 1.54) is 0 Å². The predicted molar refractivity (Wildman–Crippen MR) is 275 cm³/mol. The molecule has 0 saturated carbocycles. The number of ketones is 2. The van der Waals surface area contributed by atoms with Crippen LogP contribution in [0, 0.1) is 27.7 Å². The van der Waals surface area contributed by atoms with Crippen molar-refractivity contribution in [3.05, 3.63) is 105 Å². The van der Waals surface area contributed by atoms with E-state index >= 15 is 0 Å². The summed E-state index contributed by atoms with van der Waals surface area (Å²) in [5.41, 5.74) is 19.5. The van der Waals surface area contributed by atoms with Crippen molar-refractivity contribution in [1.82, 2.24) is 19.1 Å². The van der Waals surface area contributed by atoms with Crippen LogP contribution in [-0.2, 0) is 17.1 Å². The summed E-state index contributed by atoms with van der Waals surface area (Å²) in [5, 5.41) is 38.8. The molecule has 6 aromatic rings. The summed E-state index contributed by atoms with van der Waals surface area (Å²) in [6.45, 7) is 16.5. The van der Waals surface area contributed by atoms with Crippen molar-refractivity contribution in [2.24, 2.45) is 20.5 Å². The Bertz CT molecular complexity index is 3130. The number of nitrogen functional groups attached to an aromatic ring is 1. The van der Waals surface area contributed by atoms with Gasteiger partial charge < -0.3 is 39.8 Å². The summed E-state index contributed by atoms with van der Waals surface area (Å²) >= 11 is 0. The van der Waals surface area contributed by atoms with Gasteiger partial charge in [0, 0.05) is 99.4 Å². The molecule has 16 nitrogen and oxygen atoms in total. The molecule has 0 amide bonds. The summed E-state index contributed by atoms with van der Waals surface area (Å²) in [5.74, 6) is -0.818. The fourth-order valence-corrected chi connectivity index (χ4v) is 9.36. The minimum atomic E-state index is -0.495. The van der Waals surface area contributed by atoms with Crippen molar-refractivity contribution < 1.29 is 36.9 Å². The molecule has 0 aliphatic heterocycles. The number of allylic oxidation sites excluding steroid dienone is 2. The smallest absolute Gasteiger partial charge is 0.503 e. The zero-order valence-electron chi connectivity index (χ0n) is 42.1. The van der Waals surface area contributed by atoms with Crippen molar-refractivity contribution >= 4 is 79.7 Å². The number of Topliss-reactive ketones (excluding diaryl/α,β-unsaturated/α-hetero) is 2. The van der Waals surface area contributed by atoms with Crippen molar-refractivity contribution in [2.75, 3.05) is 62.7 Å². The molecule has 0 unspecified atom stereocenters.